The molecule has 0 saturated heterocycles. The SMILES string of the molecule is CCc1cccc(CC)c1N=C(C)c1cccc(C(C)=Nc2c(CC)cccc2CC)n1.[Cl-].[Cl-].[V+2]. The van der Waals surface area contributed by atoms with Crippen molar-refractivity contribution in [3.63, 3.8) is 0 Å². The van der Waals surface area contributed by atoms with Crippen molar-refractivity contribution in [2.45, 2.75) is 67.2 Å². The second-order valence-electron chi connectivity index (χ2n) is 8.07. The van der Waals surface area contributed by atoms with E-state index >= 15 is 0 Å². The molecule has 0 unspecified atom stereocenters. The molecule has 35 heavy (non-hydrogen) atoms. The average Bonchev–Trinajstić information content (AvgIpc) is 2.84. The van der Waals surface area contributed by atoms with Crippen LogP contribution in [0.15, 0.2) is 64.6 Å². The average molecular weight is 547 g/mol. The fraction of sp³-hybridized carbons (Fsp3) is 0.345. The third kappa shape index (κ3) is 8.05. The largest absolute Gasteiger partial charge is 2.00 e. The Morgan fingerprint density at radius 3 is 1.14 bits per heavy atom. The molecular weight excluding hydrogens is 512 g/mol. The number of benzene rings is 2. The summed E-state index contributed by atoms with van der Waals surface area (Å²) in [5, 5.41) is 0. The summed E-state index contributed by atoms with van der Waals surface area (Å²) < 4.78 is 0. The second-order valence-corrected chi connectivity index (χ2v) is 8.07. The van der Waals surface area contributed by atoms with E-state index in [1.807, 2.05) is 26.0 Å². The zero-order valence-corrected chi connectivity index (χ0v) is 24.5. The predicted molar refractivity (Wildman–Crippen MR) is 138 cm³/mol. The van der Waals surface area contributed by atoms with Crippen molar-refractivity contribution in [3.05, 3.63) is 88.2 Å². The van der Waals surface area contributed by atoms with E-state index in [-0.39, 0.29) is 43.4 Å². The minimum absolute atomic E-state index is 0. The van der Waals surface area contributed by atoms with Gasteiger partial charge >= 0.3 is 18.6 Å². The molecule has 0 N–H and O–H groups in total. The topological polar surface area (TPSA) is 37.6 Å². The van der Waals surface area contributed by atoms with E-state index in [1.54, 1.807) is 0 Å². The molecule has 3 aromatic rings. The van der Waals surface area contributed by atoms with Gasteiger partial charge < -0.3 is 24.8 Å². The molecule has 6 heteroatoms. The van der Waals surface area contributed by atoms with Gasteiger partial charge in [-0.05, 0) is 73.9 Å². The Bertz CT molecular complexity index is 1030. The van der Waals surface area contributed by atoms with Crippen LogP contribution in [-0.4, -0.2) is 16.4 Å². The first kappa shape index (κ1) is 33.1. The number of halogens is 2. The molecule has 0 spiro atoms. The number of pyridine rings is 1. The Hall–Kier alpha value is -1.91. The monoisotopic (exact) mass is 546 g/mol. The summed E-state index contributed by atoms with van der Waals surface area (Å²) in [5.74, 6) is 0. The molecular formula is C29H35Cl2N3V. The van der Waals surface area contributed by atoms with Crippen LogP contribution in [-0.2, 0) is 44.2 Å². The number of hydrogen-bond donors (Lipinski definition) is 0. The van der Waals surface area contributed by atoms with Crippen LogP contribution in [0.2, 0.25) is 0 Å². The van der Waals surface area contributed by atoms with Gasteiger partial charge in [-0.25, -0.2) is 4.98 Å². The van der Waals surface area contributed by atoms with Gasteiger partial charge in [-0.2, -0.15) is 0 Å². The summed E-state index contributed by atoms with van der Waals surface area (Å²) in [5.41, 5.74) is 10.9. The van der Waals surface area contributed by atoms with Gasteiger partial charge in [-0.15, -0.1) is 0 Å². The van der Waals surface area contributed by atoms with Gasteiger partial charge in [0.15, 0.2) is 0 Å². The molecule has 1 radical (unpaired) electrons. The summed E-state index contributed by atoms with van der Waals surface area (Å²) in [6.07, 6.45) is 3.87. The van der Waals surface area contributed by atoms with Crippen LogP contribution < -0.4 is 24.8 Å². The number of aliphatic imine (C=N–C) groups is 2. The quantitative estimate of drug-likeness (QED) is 0.395. The first-order valence-electron chi connectivity index (χ1n) is 11.8. The number of rotatable bonds is 8. The maximum atomic E-state index is 5.02. The van der Waals surface area contributed by atoms with E-state index in [0.717, 1.165) is 59.9 Å². The van der Waals surface area contributed by atoms with Gasteiger partial charge in [-0.1, -0.05) is 70.2 Å². The number of nitrogens with zero attached hydrogens (tertiary/aromatic N) is 3. The van der Waals surface area contributed by atoms with E-state index in [2.05, 4.69) is 70.2 Å². The summed E-state index contributed by atoms with van der Waals surface area (Å²) in [7, 11) is 0. The molecule has 0 fully saturated rings. The normalized spacial score (nSPS) is 11.3. The molecule has 0 saturated carbocycles. The fourth-order valence-electron chi connectivity index (χ4n) is 4.01. The minimum atomic E-state index is 0. The first-order valence-corrected chi connectivity index (χ1v) is 11.8. The minimum Gasteiger partial charge on any atom is -1.00 e. The molecule has 1 heterocycles. The van der Waals surface area contributed by atoms with Crippen molar-refractivity contribution in [3.8, 4) is 0 Å². The molecule has 0 bridgehead atoms. The van der Waals surface area contributed by atoms with Gasteiger partial charge in [0.1, 0.15) is 0 Å². The van der Waals surface area contributed by atoms with Crippen LogP contribution in [0.25, 0.3) is 0 Å². The van der Waals surface area contributed by atoms with E-state index in [0.29, 0.717) is 0 Å². The maximum Gasteiger partial charge on any atom is 2.00 e. The van der Waals surface area contributed by atoms with Crippen molar-refractivity contribution in [1.82, 2.24) is 4.98 Å². The van der Waals surface area contributed by atoms with Gasteiger partial charge in [-0.3, -0.25) is 9.98 Å². The predicted octanol–water partition coefficient (Wildman–Crippen LogP) is 1.62. The van der Waals surface area contributed by atoms with Gasteiger partial charge in [0.2, 0.25) is 0 Å². The summed E-state index contributed by atoms with van der Waals surface area (Å²) >= 11 is 0. The third-order valence-electron chi connectivity index (χ3n) is 5.98. The molecule has 0 aliphatic heterocycles. The maximum absolute atomic E-state index is 5.02. The Labute approximate surface area is 235 Å². The summed E-state index contributed by atoms with van der Waals surface area (Å²) in [6.45, 7) is 12.8. The molecule has 0 atom stereocenters. The number of aryl methyl sites for hydroxylation is 4. The zero-order valence-electron chi connectivity index (χ0n) is 21.6. The van der Waals surface area contributed by atoms with Gasteiger partial charge in [0.25, 0.3) is 0 Å². The molecule has 0 aliphatic rings. The smallest absolute Gasteiger partial charge is 1.00 e. The molecule has 2 aromatic carbocycles. The van der Waals surface area contributed by atoms with Gasteiger partial charge in [0, 0.05) is 0 Å². The molecule has 0 aliphatic carbocycles. The number of para-hydroxylation sites is 2. The van der Waals surface area contributed by atoms with E-state index in [4.69, 9.17) is 15.0 Å². The van der Waals surface area contributed by atoms with Crippen LogP contribution in [0.4, 0.5) is 11.4 Å². The van der Waals surface area contributed by atoms with Crippen LogP contribution in [0, 0.1) is 0 Å². The Morgan fingerprint density at radius 1 is 0.571 bits per heavy atom. The van der Waals surface area contributed by atoms with Crippen molar-refractivity contribution in [2.75, 3.05) is 0 Å². The standard InChI is InChI=1S/C29H35N3.2ClH.V/c1-7-22-14-11-15-23(8-2)28(22)30-20(5)26-18-13-19-27(32-26)21(6)31-29-24(9-3)16-12-17-25(29)10-4;;;/h11-19H,7-10H2,1-6H3;2*1H;/q;;;+2/p-2. The third-order valence-corrected chi connectivity index (χ3v) is 5.98. The zero-order chi connectivity index (χ0) is 23.1. The summed E-state index contributed by atoms with van der Waals surface area (Å²) in [6, 6.07) is 19.1. The Kier molecular flexibility index (Phi) is 15.1. The first-order chi connectivity index (χ1) is 15.5. The van der Waals surface area contributed by atoms with Crippen LogP contribution in [0.5, 0.6) is 0 Å². The number of aromatic nitrogens is 1. The van der Waals surface area contributed by atoms with E-state index < -0.39 is 0 Å². The molecule has 0 amide bonds. The molecule has 3 rings (SSSR count). The van der Waals surface area contributed by atoms with E-state index in [1.165, 1.54) is 22.3 Å². The van der Waals surface area contributed by atoms with Crippen LogP contribution in [0.3, 0.4) is 0 Å². The van der Waals surface area contributed by atoms with Crippen LogP contribution >= 0.6 is 0 Å². The van der Waals surface area contributed by atoms with Crippen molar-refractivity contribution < 1.29 is 43.4 Å². The van der Waals surface area contributed by atoms with E-state index in [9.17, 15) is 0 Å². The van der Waals surface area contributed by atoms with Crippen molar-refractivity contribution in [2.24, 2.45) is 9.98 Å². The molecule has 1 aromatic heterocycles. The van der Waals surface area contributed by atoms with Crippen molar-refractivity contribution >= 4 is 22.8 Å². The summed E-state index contributed by atoms with van der Waals surface area (Å²) in [4.78, 5) is 15.0. The second kappa shape index (κ2) is 16.0. The Balaban J connectivity index is 0.00000385. The Morgan fingerprint density at radius 2 is 0.857 bits per heavy atom. The van der Waals surface area contributed by atoms with Gasteiger partial charge in [0.05, 0.1) is 34.2 Å². The fourth-order valence-corrected chi connectivity index (χ4v) is 4.01. The number of hydrogen-bond acceptors (Lipinski definition) is 3. The van der Waals surface area contributed by atoms with Crippen molar-refractivity contribution in [1.29, 1.82) is 0 Å². The molecule has 3 nitrogen and oxygen atoms in total. The van der Waals surface area contributed by atoms with Crippen LogP contribution in [0.1, 0.15) is 75.2 Å². The molecule has 185 valence electrons.